The van der Waals surface area contributed by atoms with Gasteiger partial charge in [-0.3, -0.25) is 34.0 Å². The highest BCUT2D eigenvalue weighted by molar-refractivity contribution is 7.90. The zero-order valence-corrected chi connectivity index (χ0v) is 55.0. The lowest BCUT2D eigenvalue weighted by Crippen LogP contribution is -2.59. The molecule has 4 aromatic heterocycles. The topological polar surface area (TPSA) is 254 Å². The maximum absolute atomic E-state index is 14.7. The van der Waals surface area contributed by atoms with Gasteiger partial charge in [0.25, 0.3) is 21.8 Å². The minimum Gasteiger partial charge on any atom is -0.391 e. The Kier molecular flexibility index (Phi) is 18.9. The van der Waals surface area contributed by atoms with Crippen LogP contribution >= 0.6 is 22.7 Å². The molecule has 0 spiro atoms. The van der Waals surface area contributed by atoms with Crippen LogP contribution in [0.1, 0.15) is 129 Å². The van der Waals surface area contributed by atoms with Crippen molar-refractivity contribution in [1.82, 2.24) is 45.0 Å². The molecular weight excluding hydrogens is 1210 g/mol. The van der Waals surface area contributed by atoms with E-state index in [9.17, 15) is 37.5 Å². The first-order valence-electron chi connectivity index (χ1n) is 31.2. The van der Waals surface area contributed by atoms with E-state index < -0.39 is 51.4 Å². The van der Waals surface area contributed by atoms with Crippen molar-refractivity contribution in [1.29, 1.82) is 0 Å². The Morgan fingerprint density at radius 2 is 1.54 bits per heavy atom. The number of aryl methyl sites for hydroxylation is 1. The third-order valence-corrected chi connectivity index (χ3v) is 21.4. The lowest BCUT2D eigenvalue weighted by molar-refractivity contribution is -0.144. The maximum Gasteiger partial charge on any atom is 0.284 e. The summed E-state index contributed by atoms with van der Waals surface area (Å²) in [7, 11) is -4.47. The van der Waals surface area contributed by atoms with E-state index in [1.54, 1.807) is 41.8 Å². The van der Waals surface area contributed by atoms with Crippen LogP contribution < -0.4 is 30.5 Å². The summed E-state index contributed by atoms with van der Waals surface area (Å²) in [6, 6.07) is 28.8. The van der Waals surface area contributed by atoms with Gasteiger partial charge in [-0.15, -0.1) is 11.3 Å². The van der Waals surface area contributed by atoms with Gasteiger partial charge in [-0.2, -0.15) is 5.10 Å². The fraction of sp³-hybridized carbons (Fsp3) is 0.397. The molecule has 0 unspecified atom stereocenters. The summed E-state index contributed by atoms with van der Waals surface area (Å²) in [4.78, 5) is 91.5. The first-order chi connectivity index (χ1) is 43.6. The molecule has 2 fully saturated rings. The van der Waals surface area contributed by atoms with E-state index in [-0.39, 0.29) is 47.3 Å². The molecule has 5 N–H and O–H groups in total. The van der Waals surface area contributed by atoms with E-state index in [1.807, 2.05) is 123 Å². The molecule has 3 aliphatic rings. The second kappa shape index (κ2) is 26.8. The lowest BCUT2D eigenvalue weighted by Gasteiger charge is -2.38. The van der Waals surface area contributed by atoms with Crippen LogP contribution in [0.15, 0.2) is 120 Å². The number of benzene rings is 4. The van der Waals surface area contributed by atoms with Gasteiger partial charge in [0.15, 0.2) is 5.13 Å². The van der Waals surface area contributed by atoms with Crippen LogP contribution in [0.25, 0.3) is 31.8 Å². The van der Waals surface area contributed by atoms with Crippen LogP contribution in [0.2, 0.25) is 0 Å². The highest BCUT2D eigenvalue weighted by atomic mass is 32.2. The van der Waals surface area contributed by atoms with Crippen molar-refractivity contribution in [3.8, 4) is 21.6 Å². The van der Waals surface area contributed by atoms with Crippen LogP contribution in [0.3, 0.4) is 0 Å². The highest BCUT2D eigenvalue weighted by Crippen LogP contribution is 2.36. The molecule has 20 nitrogen and oxygen atoms in total. The number of rotatable bonds is 19. The molecule has 0 aliphatic carbocycles. The smallest absolute Gasteiger partial charge is 0.284 e. The Balaban J connectivity index is 0.744. The number of β-amino-alcohol motifs (C(OH)–C–C–N with tert-alkyl or cyclic N) is 1. The van der Waals surface area contributed by atoms with E-state index in [2.05, 4.69) is 49.4 Å². The maximum atomic E-state index is 14.7. The van der Waals surface area contributed by atoms with Gasteiger partial charge in [0.05, 0.1) is 49.5 Å². The summed E-state index contributed by atoms with van der Waals surface area (Å²) in [5, 5.41) is 25.2. The number of fused-ring (bicyclic) bond motifs is 2. The molecule has 7 heterocycles. The number of aliphatic hydroxyl groups excluding tert-OH is 1. The molecule has 8 aromatic rings. The third kappa shape index (κ3) is 13.9. The van der Waals surface area contributed by atoms with Crippen molar-refractivity contribution in [2.45, 2.75) is 136 Å². The second-order valence-electron chi connectivity index (χ2n) is 25.1. The number of amides is 5. The average Bonchev–Trinajstić information content (AvgIpc) is 1.70. The number of aromatic nitrogens is 5. The molecule has 5 amide bonds. The van der Waals surface area contributed by atoms with Crippen LogP contribution in [0.5, 0.6) is 0 Å². The van der Waals surface area contributed by atoms with E-state index in [1.165, 1.54) is 28.4 Å². The second-order valence-corrected chi connectivity index (χ2v) is 28.7. The molecule has 0 radical (unpaired) electrons. The molecule has 11 rings (SSSR count). The number of pyridine rings is 1. The number of hydrogen-bond acceptors (Lipinski definition) is 16. The molecule has 476 valence electrons. The predicted octanol–water partition coefficient (Wildman–Crippen LogP) is 10.3. The van der Waals surface area contributed by atoms with Crippen LogP contribution in [-0.2, 0) is 43.9 Å². The molecule has 4 atom stereocenters. The number of para-hydroxylation sites is 1. The van der Waals surface area contributed by atoms with Crippen LogP contribution in [-0.4, -0.2) is 117 Å². The van der Waals surface area contributed by atoms with Gasteiger partial charge in [0, 0.05) is 79.7 Å². The zero-order valence-electron chi connectivity index (χ0n) is 52.5. The number of hydrogen-bond donors (Lipinski definition) is 5. The normalized spacial score (nSPS) is 17.0. The van der Waals surface area contributed by atoms with Gasteiger partial charge in [0.1, 0.15) is 23.6 Å². The van der Waals surface area contributed by atoms with Crippen molar-refractivity contribution in [2.75, 3.05) is 41.3 Å². The summed E-state index contributed by atoms with van der Waals surface area (Å²) in [5.74, 6) is -1.97. The minimum atomic E-state index is -4.47. The number of piperidine rings is 1. The van der Waals surface area contributed by atoms with Crippen LogP contribution in [0.4, 0.5) is 16.6 Å². The minimum absolute atomic E-state index is 0.0480. The van der Waals surface area contributed by atoms with Crippen molar-refractivity contribution in [2.24, 2.45) is 17.3 Å². The van der Waals surface area contributed by atoms with E-state index in [0.29, 0.717) is 85.5 Å². The van der Waals surface area contributed by atoms with Gasteiger partial charge in [-0.25, -0.2) is 28.1 Å². The fourth-order valence-corrected chi connectivity index (χ4v) is 15.1. The SMILES string of the molecule is CCC(CC)Cn1ncc(-c2ccc(N3CCc4cccc(C(=O)Nc5nc6ccccc6s5)c4C3)nc2C(=O)NS(=O)(=O)c2ccc(N3CCC(C(=O)N[C@H](C(=O)N4C[C@H](O)C[C@H]4C(=O)N[C@@H](C)c4ccc(-c5scnc5C)cc4)C(C)(C)C)CC3)cc2)c1C. The first-order valence-corrected chi connectivity index (χ1v) is 34.3. The molecule has 4 aromatic carbocycles. The lowest BCUT2D eigenvalue weighted by atomic mass is 9.84. The first kappa shape index (κ1) is 64.2. The molecule has 0 bridgehead atoms. The van der Waals surface area contributed by atoms with Gasteiger partial charge in [0.2, 0.25) is 17.7 Å². The van der Waals surface area contributed by atoms with Crippen molar-refractivity contribution < 1.29 is 37.5 Å². The molecule has 2 saturated heterocycles. The molecular formula is C68H78N12O8S3. The van der Waals surface area contributed by atoms with Crippen molar-refractivity contribution in [3.05, 3.63) is 154 Å². The Morgan fingerprint density at radius 3 is 2.23 bits per heavy atom. The number of anilines is 3. The van der Waals surface area contributed by atoms with E-state index in [4.69, 9.17) is 10.1 Å². The molecule has 91 heavy (non-hydrogen) atoms. The number of sulfonamides is 1. The van der Waals surface area contributed by atoms with E-state index in [0.717, 1.165) is 67.3 Å². The predicted molar refractivity (Wildman–Crippen MR) is 355 cm³/mol. The molecule has 3 aliphatic heterocycles. The fourth-order valence-electron chi connectivity index (χ4n) is 12.5. The molecule has 0 saturated carbocycles. The van der Waals surface area contributed by atoms with Gasteiger partial charge in [-0.1, -0.05) is 107 Å². The monoisotopic (exact) mass is 1290 g/mol. The summed E-state index contributed by atoms with van der Waals surface area (Å²) in [6.45, 7) is 18.0. The van der Waals surface area contributed by atoms with E-state index >= 15 is 0 Å². The summed E-state index contributed by atoms with van der Waals surface area (Å²) in [5.41, 5.74) is 9.52. The zero-order chi connectivity index (χ0) is 64.5. The van der Waals surface area contributed by atoms with Gasteiger partial charge >= 0.3 is 0 Å². The summed E-state index contributed by atoms with van der Waals surface area (Å²) < 4.78 is 33.8. The number of nitrogens with one attached hydrogen (secondary N) is 4. The van der Waals surface area contributed by atoms with Crippen molar-refractivity contribution in [3.63, 3.8) is 0 Å². The molecule has 23 heteroatoms. The van der Waals surface area contributed by atoms with Gasteiger partial charge < -0.3 is 30.4 Å². The number of carbonyl (C=O) groups is 5. The number of nitrogens with zero attached hydrogens (tertiary/aromatic N) is 8. The Morgan fingerprint density at radius 1 is 0.802 bits per heavy atom. The largest absolute Gasteiger partial charge is 0.391 e. The Labute approximate surface area is 539 Å². The average molecular weight is 1290 g/mol. The third-order valence-electron chi connectivity index (χ3n) is 18.1. The Bertz CT molecular complexity index is 4100. The standard InChI is InChI=1S/C68H78N12O8S3/c1-9-43(10-2)36-80-42(5)53(35-70-80)51-26-27-58(78-33-28-45-14-13-15-52(54(45)38-78)63(83)75-67-72-55-16-11-12-17-57(55)90-67)73-59(51)65(85)76-91(87,88)50-24-22-48(23-25-50)77-31-29-47(30-32-77)62(82)74-61(68(6,7)8)66(86)79-37-49(81)34-56(79)64(84)71-40(3)44-18-20-46(21-19-44)60-41(4)69-39-89-60/h11-27,35,39-40,43,47,49,56,61,81H,9-10,28-34,36-38H2,1-8H3,(H,71,84)(H,74,82)(H,76,85)(H,72,75,83)/t40-,49+,56-,61+/m0/s1. The van der Waals surface area contributed by atoms with Crippen molar-refractivity contribution >= 4 is 89.1 Å². The summed E-state index contributed by atoms with van der Waals surface area (Å²) in [6.07, 6.45) is 4.24. The quantitative estimate of drug-likeness (QED) is 0.0505. The number of carbonyl (C=O) groups excluding carboxylic acids is 5. The Hall–Kier alpha value is -8.38. The highest BCUT2D eigenvalue weighted by Gasteiger charge is 2.45. The van der Waals surface area contributed by atoms with Gasteiger partial charge in [-0.05, 0) is 128 Å². The van der Waals surface area contributed by atoms with Crippen LogP contribution in [0, 0.1) is 31.1 Å². The summed E-state index contributed by atoms with van der Waals surface area (Å²) >= 11 is 2.96. The number of thiazole rings is 2. The number of aliphatic hydroxyl groups is 1. The number of likely N-dealkylation sites (tertiary alicyclic amines) is 1.